The van der Waals surface area contributed by atoms with Crippen LogP contribution in [0.2, 0.25) is 0 Å². The lowest BCUT2D eigenvalue weighted by molar-refractivity contribution is -0.139. The predicted molar refractivity (Wildman–Crippen MR) is 126 cm³/mol. The Labute approximate surface area is 191 Å². The quantitative estimate of drug-likeness (QED) is 0.555. The van der Waals surface area contributed by atoms with Crippen LogP contribution in [0.1, 0.15) is 18.9 Å². The Balaban J connectivity index is 2.37. The topological polar surface area (TPSA) is 90.0 Å². The van der Waals surface area contributed by atoms with Crippen molar-refractivity contribution in [1.29, 1.82) is 0 Å². The van der Waals surface area contributed by atoms with E-state index in [1.54, 1.807) is 30.3 Å². The summed E-state index contributed by atoms with van der Waals surface area (Å²) in [4.78, 5) is 27.5. The number of nitrogens with one attached hydrogen (secondary N) is 1. The number of carbonyl (C=O) groups excluding carboxylic acids is 2. The number of nitrogens with zero attached hydrogens (tertiary/aromatic N) is 3. The number of hydrogen-bond acceptors (Lipinski definition) is 4. The molecule has 0 saturated carbocycles. The van der Waals surface area contributed by atoms with E-state index in [1.165, 1.54) is 26.0 Å². The molecule has 9 heteroatoms. The van der Waals surface area contributed by atoms with Crippen LogP contribution in [0.25, 0.3) is 0 Å². The lowest BCUT2D eigenvalue weighted by Crippen LogP contribution is -2.53. The molecule has 0 aliphatic rings. The first-order valence-corrected chi connectivity index (χ1v) is 11.9. The summed E-state index contributed by atoms with van der Waals surface area (Å²) < 4.78 is 28.1. The smallest absolute Gasteiger partial charge is 0.304 e. The van der Waals surface area contributed by atoms with Gasteiger partial charge in [-0.05, 0) is 30.5 Å². The molecule has 0 radical (unpaired) electrons. The second kappa shape index (κ2) is 11.6. The molecule has 8 nitrogen and oxygen atoms in total. The van der Waals surface area contributed by atoms with Crippen molar-refractivity contribution in [3.05, 3.63) is 66.2 Å². The molecule has 174 valence electrons. The molecule has 1 atom stereocenters. The van der Waals surface area contributed by atoms with Crippen LogP contribution >= 0.6 is 0 Å². The normalized spacial score (nSPS) is 12.3. The minimum absolute atomic E-state index is 0.282. The van der Waals surface area contributed by atoms with Gasteiger partial charge in [0.15, 0.2) is 0 Å². The molecule has 32 heavy (non-hydrogen) atoms. The maximum absolute atomic E-state index is 13.5. The first kappa shape index (κ1) is 25.4. The second-order valence-corrected chi connectivity index (χ2v) is 9.56. The molecule has 0 aliphatic carbocycles. The van der Waals surface area contributed by atoms with Crippen LogP contribution in [0.4, 0.5) is 5.69 Å². The fraction of sp³-hybridized carbons (Fsp3) is 0.391. The first-order valence-electron chi connectivity index (χ1n) is 10.5. The van der Waals surface area contributed by atoms with Crippen LogP contribution in [0.5, 0.6) is 0 Å². The minimum atomic E-state index is -3.93. The Morgan fingerprint density at radius 3 is 2.03 bits per heavy atom. The van der Waals surface area contributed by atoms with Gasteiger partial charge in [0.1, 0.15) is 12.6 Å². The predicted octanol–water partition coefficient (Wildman–Crippen LogP) is 1.90. The van der Waals surface area contributed by atoms with Crippen LogP contribution in [0, 0.1) is 0 Å². The van der Waals surface area contributed by atoms with E-state index in [1.807, 2.05) is 37.3 Å². The highest BCUT2D eigenvalue weighted by atomic mass is 32.2. The third-order valence-corrected chi connectivity index (χ3v) is 7.00. The zero-order chi connectivity index (χ0) is 23.7. The molecule has 1 N–H and O–H groups in total. The highest BCUT2D eigenvalue weighted by molar-refractivity contribution is 7.90. The Kier molecular flexibility index (Phi) is 9.22. The van der Waals surface area contributed by atoms with Gasteiger partial charge in [0.05, 0.1) is 5.69 Å². The number of carbonyl (C=O) groups is 2. The van der Waals surface area contributed by atoms with Gasteiger partial charge in [-0.15, -0.1) is 0 Å². The van der Waals surface area contributed by atoms with Crippen molar-refractivity contribution in [2.24, 2.45) is 0 Å². The molecule has 0 fully saturated rings. The highest BCUT2D eigenvalue weighted by Gasteiger charge is 2.33. The Hall–Kier alpha value is -2.91. The molecule has 0 heterocycles. The van der Waals surface area contributed by atoms with E-state index in [9.17, 15) is 18.0 Å². The van der Waals surface area contributed by atoms with E-state index in [4.69, 9.17) is 0 Å². The zero-order valence-corrected chi connectivity index (χ0v) is 19.9. The number of hydrogen-bond donors (Lipinski definition) is 1. The van der Waals surface area contributed by atoms with E-state index < -0.39 is 28.7 Å². The maximum Gasteiger partial charge on any atom is 0.304 e. The van der Waals surface area contributed by atoms with E-state index in [0.29, 0.717) is 25.1 Å². The molecule has 0 aromatic heterocycles. The molecular formula is C23H32N4O4S. The minimum Gasteiger partial charge on any atom is -0.357 e. The summed E-state index contributed by atoms with van der Waals surface area (Å²) in [6.07, 6.45) is 0.956. The molecular weight excluding hydrogens is 428 g/mol. The lowest BCUT2D eigenvalue weighted by atomic mass is 10.1. The van der Waals surface area contributed by atoms with Gasteiger partial charge >= 0.3 is 10.2 Å². The van der Waals surface area contributed by atoms with Gasteiger partial charge < -0.3 is 10.2 Å². The first-order chi connectivity index (χ1) is 15.2. The molecule has 0 bridgehead atoms. The van der Waals surface area contributed by atoms with Crippen molar-refractivity contribution in [2.45, 2.75) is 25.8 Å². The summed E-state index contributed by atoms with van der Waals surface area (Å²) >= 11 is 0. The number of para-hydroxylation sites is 1. The zero-order valence-electron chi connectivity index (χ0n) is 19.1. The summed E-state index contributed by atoms with van der Waals surface area (Å²) in [5, 5.41) is 2.61. The fourth-order valence-electron chi connectivity index (χ4n) is 3.37. The number of rotatable bonds is 11. The van der Waals surface area contributed by atoms with Gasteiger partial charge in [-0.3, -0.25) is 9.59 Å². The van der Waals surface area contributed by atoms with Gasteiger partial charge in [-0.2, -0.15) is 12.7 Å². The maximum atomic E-state index is 13.5. The van der Waals surface area contributed by atoms with Gasteiger partial charge in [0.25, 0.3) is 0 Å². The lowest BCUT2D eigenvalue weighted by Gasteiger charge is -2.33. The van der Waals surface area contributed by atoms with Crippen LogP contribution < -0.4 is 9.62 Å². The molecule has 0 aliphatic heterocycles. The molecule has 0 spiro atoms. The Morgan fingerprint density at radius 1 is 0.969 bits per heavy atom. The van der Waals surface area contributed by atoms with Crippen LogP contribution in [-0.2, 0) is 26.2 Å². The van der Waals surface area contributed by atoms with Crippen molar-refractivity contribution in [2.75, 3.05) is 38.5 Å². The molecule has 2 aromatic rings. The number of likely N-dealkylation sites (N-methyl/N-ethyl adjacent to an activating group) is 1. The van der Waals surface area contributed by atoms with E-state index >= 15 is 0 Å². The standard InChI is InChI=1S/C23H32N4O4S/c1-5-21(23(29)24-2)26(17-16-19-12-8-6-9-13-19)22(28)18-27(32(30,31)25(3)4)20-14-10-7-11-15-20/h6-15,21H,5,16-18H2,1-4H3,(H,24,29)/t21-/m0/s1. The van der Waals surface area contributed by atoms with Crippen molar-refractivity contribution in [1.82, 2.24) is 14.5 Å². The van der Waals surface area contributed by atoms with Gasteiger partial charge in [-0.25, -0.2) is 4.31 Å². The fourth-order valence-corrected chi connectivity index (χ4v) is 4.43. The molecule has 0 saturated heterocycles. The largest absolute Gasteiger partial charge is 0.357 e. The third-order valence-electron chi connectivity index (χ3n) is 5.18. The Bertz CT molecular complexity index is 982. The van der Waals surface area contributed by atoms with Crippen molar-refractivity contribution in [3.8, 4) is 0 Å². The summed E-state index contributed by atoms with van der Waals surface area (Å²) in [6, 6.07) is 17.4. The Morgan fingerprint density at radius 2 is 1.53 bits per heavy atom. The third kappa shape index (κ3) is 6.30. The van der Waals surface area contributed by atoms with E-state index in [0.717, 1.165) is 14.2 Å². The number of anilines is 1. The van der Waals surface area contributed by atoms with Gasteiger partial charge in [-0.1, -0.05) is 55.5 Å². The average Bonchev–Trinajstić information content (AvgIpc) is 2.80. The van der Waals surface area contributed by atoms with Gasteiger partial charge in [0.2, 0.25) is 11.8 Å². The van der Waals surface area contributed by atoms with Crippen molar-refractivity contribution in [3.63, 3.8) is 0 Å². The van der Waals surface area contributed by atoms with Crippen LogP contribution in [0.15, 0.2) is 60.7 Å². The molecule has 2 aromatic carbocycles. The summed E-state index contributed by atoms with van der Waals surface area (Å²) in [5.74, 6) is -0.721. The SMILES string of the molecule is CC[C@@H](C(=O)NC)N(CCc1ccccc1)C(=O)CN(c1ccccc1)S(=O)(=O)N(C)C. The summed E-state index contributed by atoms with van der Waals surface area (Å²) in [6.45, 7) is 1.71. The summed E-state index contributed by atoms with van der Waals surface area (Å²) in [5.41, 5.74) is 1.41. The van der Waals surface area contributed by atoms with Crippen molar-refractivity contribution < 1.29 is 18.0 Å². The van der Waals surface area contributed by atoms with E-state index in [-0.39, 0.29) is 5.91 Å². The molecule has 2 amide bonds. The monoisotopic (exact) mass is 460 g/mol. The number of benzene rings is 2. The number of amides is 2. The van der Waals surface area contributed by atoms with Crippen LogP contribution in [0.3, 0.4) is 0 Å². The highest BCUT2D eigenvalue weighted by Crippen LogP contribution is 2.20. The molecule has 0 unspecified atom stereocenters. The van der Waals surface area contributed by atoms with Crippen molar-refractivity contribution >= 4 is 27.7 Å². The van der Waals surface area contributed by atoms with E-state index in [2.05, 4.69) is 5.32 Å². The summed E-state index contributed by atoms with van der Waals surface area (Å²) in [7, 11) is 0.436. The second-order valence-electron chi connectivity index (χ2n) is 7.49. The molecule has 2 rings (SSSR count). The average molecular weight is 461 g/mol. The van der Waals surface area contributed by atoms with Gasteiger partial charge in [0, 0.05) is 27.7 Å². The van der Waals surface area contributed by atoms with Crippen LogP contribution in [-0.4, -0.2) is 69.7 Å².